The summed E-state index contributed by atoms with van der Waals surface area (Å²) in [4.78, 5) is 58.2. The Morgan fingerprint density at radius 1 is 0.536 bits per heavy atom. The third-order valence-electron chi connectivity index (χ3n) is 19.1. The van der Waals surface area contributed by atoms with E-state index in [1.54, 1.807) is 20.8 Å². The number of benzene rings is 2. The summed E-state index contributed by atoms with van der Waals surface area (Å²) in [6.45, 7) is 12.6. The molecule has 2 aromatic carbocycles. The number of ketones is 4. The van der Waals surface area contributed by atoms with Crippen molar-refractivity contribution in [2.24, 2.45) is 0 Å². The Labute approximate surface area is 487 Å². The molecule has 0 unspecified atom stereocenters. The number of nitrogens with zero attached hydrogens (tertiary/aromatic N) is 2. The fourth-order valence-corrected chi connectivity index (χ4v) is 14.5. The Bertz CT molecular complexity index is 2870. The van der Waals surface area contributed by atoms with Crippen LogP contribution in [-0.4, -0.2) is 222 Å². The number of phenolic OH excluding ortho intramolecular Hbond substituents is 3. The van der Waals surface area contributed by atoms with Gasteiger partial charge < -0.3 is 96.5 Å². The molecule has 462 valence electrons. The van der Waals surface area contributed by atoms with E-state index in [1.165, 1.54) is 18.2 Å². The summed E-state index contributed by atoms with van der Waals surface area (Å²) in [5.74, 6) is -3.77. The van der Waals surface area contributed by atoms with Gasteiger partial charge in [0, 0.05) is 73.7 Å². The van der Waals surface area contributed by atoms with Gasteiger partial charge in [-0.3, -0.25) is 19.2 Å². The summed E-state index contributed by atoms with van der Waals surface area (Å²) >= 11 is 0. The zero-order valence-corrected chi connectivity index (χ0v) is 49.3. The van der Waals surface area contributed by atoms with Crippen molar-refractivity contribution >= 4 is 23.1 Å². The van der Waals surface area contributed by atoms with E-state index in [0.717, 1.165) is 0 Å². The van der Waals surface area contributed by atoms with Gasteiger partial charge >= 0.3 is 0 Å². The molecule has 25 atom stereocenters. The fraction of sp³-hybridized carbons (Fsp3) is 0.733. The zero-order valence-electron chi connectivity index (χ0n) is 49.3. The highest BCUT2D eigenvalue weighted by molar-refractivity contribution is 6.31. The van der Waals surface area contributed by atoms with E-state index in [-0.39, 0.29) is 78.4 Å². The molecular formula is C60H80N2O22. The maximum Gasteiger partial charge on any atom is 0.202 e. The monoisotopic (exact) mass is 1180 g/mol. The van der Waals surface area contributed by atoms with Crippen LogP contribution in [0.2, 0.25) is 0 Å². The smallest absolute Gasteiger partial charge is 0.202 e. The van der Waals surface area contributed by atoms with Gasteiger partial charge in [0.15, 0.2) is 55.1 Å². The molecule has 8 saturated heterocycles. The largest absolute Gasteiger partial charge is 0.507 e. The number of aromatic hydroxyl groups is 3. The highest BCUT2D eigenvalue weighted by Crippen LogP contribution is 2.58. The standard InChI is InChI=1S/C60H80N2O22/c1-12-60(70)22-39(79-40-16-30(61(8)9)53(25(4)71-40)80-42-20-35-55(27(6)73-42)83-58-37(77-35)18-33(64)23(2)75-58)45-48(52(69)46-47(51(45)68)50(67)44-29(49(46)66)14-13-15-32(44)63)57(60)82-41-17-31(62(10)11)54(26(5)72-41)81-43-21-36-56(28(7)74-43)84-59-38(78-36)19-34(65)24(3)76-59/h13-15,23-28,30-31,35-43,53-59,63,68-70H,12,16-22H2,1-11H3/t23-,24+,25-,26+,27-,28+,30+,31-,35-,36+,37-,38-,39+,40+,41+,42+,43+,53-,54-,55-,56+,57-,58+,59+,60-/m0/s1. The van der Waals surface area contributed by atoms with E-state index >= 15 is 0 Å². The summed E-state index contributed by atoms with van der Waals surface area (Å²) in [5.41, 5.74) is -3.78. The summed E-state index contributed by atoms with van der Waals surface area (Å²) in [7, 11) is 7.57. The van der Waals surface area contributed by atoms with Gasteiger partial charge in [0.2, 0.25) is 5.78 Å². The first-order valence-corrected chi connectivity index (χ1v) is 29.7. The molecule has 0 amide bonds. The Balaban J connectivity index is 0.806. The second-order valence-corrected chi connectivity index (χ2v) is 25.0. The molecule has 2 aliphatic carbocycles. The Morgan fingerprint density at radius 3 is 1.50 bits per heavy atom. The Morgan fingerprint density at radius 2 is 1.00 bits per heavy atom. The number of hydrogen-bond donors (Lipinski definition) is 4. The second-order valence-electron chi connectivity index (χ2n) is 25.0. The third kappa shape index (κ3) is 10.6. The molecule has 0 saturated carbocycles. The molecule has 8 aliphatic heterocycles. The van der Waals surface area contributed by atoms with Crippen molar-refractivity contribution in [1.29, 1.82) is 0 Å². The van der Waals surface area contributed by atoms with Crippen molar-refractivity contribution in [2.75, 3.05) is 28.2 Å². The summed E-state index contributed by atoms with van der Waals surface area (Å²) in [5, 5.41) is 49.5. The van der Waals surface area contributed by atoms with Crippen molar-refractivity contribution in [2.45, 2.75) is 253 Å². The van der Waals surface area contributed by atoms with Gasteiger partial charge in [-0.15, -0.1) is 0 Å². The van der Waals surface area contributed by atoms with Crippen LogP contribution in [-0.2, 0) is 75.9 Å². The molecule has 0 bridgehead atoms. The zero-order chi connectivity index (χ0) is 59.7. The molecule has 24 nitrogen and oxygen atoms in total. The predicted molar refractivity (Wildman–Crippen MR) is 288 cm³/mol. The quantitative estimate of drug-likeness (QED) is 0.196. The number of rotatable bonds is 11. The number of carbonyl (C=O) groups is 4. The summed E-state index contributed by atoms with van der Waals surface area (Å²) in [6, 6.07) is 3.24. The maximum absolute atomic E-state index is 14.6. The molecule has 84 heavy (non-hydrogen) atoms. The molecule has 2 aromatic rings. The van der Waals surface area contributed by atoms with E-state index in [2.05, 4.69) is 0 Å². The van der Waals surface area contributed by atoms with Crippen molar-refractivity contribution < 1.29 is 106 Å². The lowest BCUT2D eigenvalue weighted by molar-refractivity contribution is -0.372. The van der Waals surface area contributed by atoms with Crippen LogP contribution in [0.1, 0.15) is 155 Å². The molecule has 12 rings (SSSR count). The minimum absolute atomic E-state index is 0.00740. The van der Waals surface area contributed by atoms with Gasteiger partial charge in [-0.2, -0.15) is 0 Å². The molecule has 0 aromatic heterocycles. The van der Waals surface area contributed by atoms with Crippen LogP contribution in [0.3, 0.4) is 0 Å². The van der Waals surface area contributed by atoms with Crippen LogP contribution in [0.4, 0.5) is 0 Å². The average Bonchev–Trinajstić information content (AvgIpc) is 1.13. The minimum atomic E-state index is -1.89. The van der Waals surface area contributed by atoms with Crippen molar-refractivity contribution in [1.82, 2.24) is 9.80 Å². The molecule has 8 heterocycles. The first-order chi connectivity index (χ1) is 39.9. The lowest BCUT2D eigenvalue weighted by Crippen LogP contribution is -2.62. The van der Waals surface area contributed by atoms with Crippen LogP contribution in [0, 0.1) is 0 Å². The van der Waals surface area contributed by atoms with Gasteiger partial charge in [-0.05, 0) is 82.2 Å². The fourth-order valence-electron chi connectivity index (χ4n) is 14.5. The molecule has 10 aliphatic rings. The lowest BCUT2D eigenvalue weighted by Gasteiger charge is -2.51. The van der Waals surface area contributed by atoms with E-state index in [4.69, 9.17) is 66.3 Å². The van der Waals surface area contributed by atoms with Gasteiger partial charge in [-0.1, -0.05) is 19.1 Å². The van der Waals surface area contributed by atoms with Gasteiger partial charge in [0.25, 0.3) is 0 Å². The van der Waals surface area contributed by atoms with E-state index in [9.17, 15) is 39.6 Å². The maximum atomic E-state index is 14.6. The topological polar surface area (TPSA) is 285 Å². The van der Waals surface area contributed by atoms with Crippen LogP contribution in [0.25, 0.3) is 0 Å². The molecule has 8 fully saturated rings. The highest BCUT2D eigenvalue weighted by Gasteiger charge is 2.57. The number of phenols is 3. The molecule has 24 heteroatoms. The van der Waals surface area contributed by atoms with Gasteiger partial charge in [0.05, 0.1) is 65.0 Å². The first-order valence-electron chi connectivity index (χ1n) is 29.7. The van der Waals surface area contributed by atoms with Crippen molar-refractivity contribution in [3.8, 4) is 17.2 Å². The molecule has 4 N–H and O–H groups in total. The number of carbonyl (C=O) groups excluding carboxylic acids is 4. The molecule has 0 radical (unpaired) electrons. The van der Waals surface area contributed by atoms with Gasteiger partial charge in [0.1, 0.15) is 72.2 Å². The number of hydrogen-bond acceptors (Lipinski definition) is 24. The second kappa shape index (κ2) is 23.1. The van der Waals surface area contributed by atoms with Crippen LogP contribution < -0.4 is 0 Å². The molecule has 0 spiro atoms. The molecular weight excluding hydrogens is 1100 g/mol. The van der Waals surface area contributed by atoms with Crippen LogP contribution >= 0.6 is 0 Å². The normalized spacial score (nSPS) is 43.9. The van der Waals surface area contributed by atoms with Gasteiger partial charge in [-0.25, -0.2) is 0 Å². The van der Waals surface area contributed by atoms with Crippen LogP contribution in [0.15, 0.2) is 18.2 Å². The SMILES string of the molecule is CC[C@]1(O)C[C@@H](O[C@@H]2C[C@@H](N(C)C)[C@@H](O[C@@H]3C[C@@H]4O[C@H]5CC(=O)[C@H](C)O[C@@H]5O[C@H]4[C@H](C)O3)[C@H](C)O2)c2c(O)c3c(c(O)c2[C@@H]1O[C@@H]1C[C@H](N(C)C)[C@@H](O[C@@H]2C[C@H]4O[C@H]5CC(=O)[C@@H](C)O[C@@H]5O[C@@H]4[C@@H](C)O2)[C@@H](C)O1)C(=O)c1cccc(O)c1C3=O. The number of ether oxygens (including phenoxy) is 14. The highest BCUT2D eigenvalue weighted by atomic mass is 16.8. The van der Waals surface area contributed by atoms with Crippen molar-refractivity contribution in [3.05, 3.63) is 51.6 Å². The lowest BCUT2D eigenvalue weighted by atomic mass is 9.70. The number of Topliss-reactive ketones (excluding diaryl/α,β-unsaturated/α-hetero) is 2. The Hall–Kier alpha value is -4.16. The van der Waals surface area contributed by atoms with E-state index in [1.807, 2.05) is 65.7 Å². The van der Waals surface area contributed by atoms with E-state index < -0.39 is 187 Å². The average molecular weight is 1180 g/mol. The predicted octanol–water partition coefficient (Wildman–Crippen LogP) is 4.12. The third-order valence-corrected chi connectivity index (χ3v) is 19.1. The number of fused-ring (bicyclic) bond motifs is 7. The minimum Gasteiger partial charge on any atom is -0.507 e. The van der Waals surface area contributed by atoms with Crippen molar-refractivity contribution in [3.63, 3.8) is 0 Å². The van der Waals surface area contributed by atoms with Crippen LogP contribution in [0.5, 0.6) is 17.2 Å². The number of aliphatic hydroxyl groups is 1. The van der Waals surface area contributed by atoms with E-state index in [0.29, 0.717) is 12.8 Å². The Kier molecular flexibility index (Phi) is 16.5. The first kappa shape index (κ1) is 60.1. The number of likely N-dealkylation sites (N-methyl/N-ethyl adjacent to an activating group) is 2. The summed E-state index contributed by atoms with van der Waals surface area (Å²) in [6.07, 6.45) is -14.3. The summed E-state index contributed by atoms with van der Waals surface area (Å²) < 4.78 is 90.6.